The van der Waals surface area contributed by atoms with Crippen LogP contribution in [0.3, 0.4) is 0 Å². The van der Waals surface area contributed by atoms with Crippen molar-refractivity contribution in [2.24, 2.45) is 5.73 Å². The van der Waals surface area contributed by atoms with Crippen molar-refractivity contribution in [3.63, 3.8) is 0 Å². The Bertz CT molecular complexity index is 76.5. The van der Waals surface area contributed by atoms with Crippen LogP contribution in [0.4, 0.5) is 0 Å². The highest BCUT2D eigenvalue weighted by Gasteiger charge is 2.06. The van der Waals surface area contributed by atoms with Gasteiger partial charge < -0.3 is 10.5 Å². The van der Waals surface area contributed by atoms with Gasteiger partial charge in [0, 0.05) is 20.6 Å². The second-order valence-corrected chi connectivity index (χ2v) is 1.77. The van der Waals surface area contributed by atoms with E-state index < -0.39 is 6.02 Å². The van der Waals surface area contributed by atoms with Gasteiger partial charge in [-0.1, -0.05) is 0 Å². The zero-order valence-corrected chi connectivity index (χ0v) is 4.31. The summed E-state index contributed by atoms with van der Waals surface area (Å²) < 4.78 is 12.3. The smallest absolute Gasteiger partial charge is 0.0480 e. The summed E-state index contributed by atoms with van der Waals surface area (Å²) in [6.45, 7) is 1.31. The van der Waals surface area contributed by atoms with E-state index in [1.54, 1.807) is 0 Å². The fourth-order valence-electron chi connectivity index (χ4n) is 0.634. The summed E-state index contributed by atoms with van der Waals surface area (Å²) in [5.41, 5.74) is 5.46. The number of nitrogens with two attached hydrogens (primary N) is 1. The predicted molar refractivity (Wildman–Crippen MR) is 28.0 cm³/mol. The molecule has 7 heavy (non-hydrogen) atoms. The number of hydrogen-bond acceptors (Lipinski definition) is 2. The van der Waals surface area contributed by atoms with Gasteiger partial charge in [-0.15, -0.1) is 0 Å². The van der Waals surface area contributed by atoms with Gasteiger partial charge in [0.05, 0.1) is 0 Å². The normalized spacial score (nSPS) is 31.9. The third-order valence-corrected chi connectivity index (χ3v) is 1.14. The zero-order valence-electron chi connectivity index (χ0n) is 5.31. The Morgan fingerprint density at radius 3 is 2.43 bits per heavy atom. The molecule has 0 saturated carbocycles. The van der Waals surface area contributed by atoms with E-state index in [2.05, 4.69) is 0 Å². The molecule has 1 heterocycles. The van der Waals surface area contributed by atoms with Crippen LogP contribution in [0.2, 0.25) is 0 Å². The standard InChI is InChI=1S/C5H11NO/c6-5-1-3-7-4-2-5/h5H,1-4,6H2/i5D. The topological polar surface area (TPSA) is 35.2 Å². The van der Waals surface area contributed by atoms with Crippen molar-refractivity contribution in [2.45, 2.75) is 18.9 Å². The molecular formula is C5H11NO. The van der Waals surface area contributed by atoms with Crippen molar-refractivity contribution in [2.75, 3.05) is 13.2 Å². The Morgan fingerprint density at radius 2 is 2.14 bits per heavy atom. The third kappa shape index (κ3) is 1.45. The largest absolute Gasteiger partial charge is 0.381 e. The van der Waals surface area contributed by atoms with Crippen LogP contribution in [0.15, 0.2) is 0 Å². The van der Waals surface area contributed by atoms with Crippen LogP contribution in [-0.4, -0.2) is 19.2 Å². The van der Waals surface area contributed by atoms with Gasteiger partial charge in [-0.25, -0.2) is 0 Å². The molecule has 1 rings (SSSR count). The minimum absolute atomic E-state index is 0.653. The summed E-state index contributed by atoms with van der Waals surface area (Å²) in [6, 6.07) is -0.696. The minimum atomic E-state index is -0.696. The van der Waals surface area contributed by atoms with Crippen molar-refractivity contribution >= 4 is 0 Å². The third-order valence-electron chi connectivity index (χ3n) is 1.14. The van der Waals surface area contributed by atoms with Crippen LogP contribution in [-0.2, 0) is 4.74 Å². The molecule has 0 aromatic carbocycles. The first-order chi connectivity index (χ1) is 3.71. The highest BCUT2D eigenvalue weighted by Crippen LogP contribution is 2.01. The van der Waals surface area contributed by atoms with Gasteiger partial charge >= 0.3 is 0 Å². The monoisotopic (exact) mass is 102 g/mol. The van der Waals surface area contributed by atoms with Crippen molar-refractivity contribution in [1.29, 1.82) is 0 Å². The van der Waals surface area contributed by atoms with E-state index >= 15 is 0 Å². The van der Waals surface area contributed by atoms with E-state index in [9.17, 15) is 0 Å². The molecule has 0 aromatic heterocycles. The number of ether oxygens (including phenoxy) is 1. The molecule has 0 spiro atoms. The first-order valence-corrected chi connectivity index (χ1v) is 2.57. The molecule has 2 heteroatoms. The molecule has 1 aliphatic rings. The summed E-state index contributed by atoms with van der Waals surface area (Å²) in [7, 11) is 0. The Balaban J connectivity index is 2.33. The Morgan fingerprint density at radius 1 is 1.57 bits per heavy atom. The lowest BCUT2D eigenvalue weighted by Crippen LogP contribution is -2.28. The molecule has 1 fully saturated rings. The summed E-state index contributed by atoms with van der Waals surface area (Å²) in [4.78, 5) is 0. The highest BCUT2D eigenvalue weighted by molar-refractivity contribution is 4.63. The van der Waals surface area contributed by atoms with Crippen molar-refractivity contribution in [3.8, 4) is 0 Å². The fraction of sp³-hybridized carbons (Fsp3) is 1.00. The van der Waals surface area contributed by atoms with Gasteiger partial charge in [-0.3, -0.25) is 0 Å². The average Bonchev–Trinajstić information content (AvgIpc) is 1.65. The van der Waals surface area contributed by atoms with Crippen LogP contribution in [0, 0.1) is 0 Å². The molecule has 0 amide bonds. The molecule has 2 N–H and O–H groups in total. The average molecular weight is 102 g/mol. The predicted octanol–water partition coefficient (Wildman–Crippen LogP) is 0.124. The van der Waals surface area contributed by atoms with Gasteiger partial charge in [0.25, 0.3) is 0 Å². The fourth-order valence-corrected chi connectivity index (χ4v) is 0.634. The van der Waals surface area contributed by atoms with Gasteiger partial charge in [0.15, 0.2) is 0 Å². The summed E-state index contributed by atoms with van der Waals surface area (Å²) in [6.07, 6.45) is 1.35. The lowest BCUT2D eigenvalue weighted by molar-refractivity contribution is 0.0866. The van der Waals surface area contributed by atoms with Crippen LogP contribution < -0.4 is 5.73 Å². The van der Waals surface area contributed by atoms with Gasteiger partial charge in [0.1, 0.15) is 0 Å². The lowest BCUT2D eigenvalue weighted by atomic mass is 10.1. The Labute approximate surface area is 45.1 Å². The van der Waals surface area contributed by atoms with E-state index in [4.69, 9.17) is 11.8 Å². The van der Waals surface area contributed by atoms with E-state index in [-0.39, 0.29) is 0 Å². The lowest BCUT2D eigenvalue weighted by Gasteiger charge is -2.16. The molecule has 42 valence electrons. The summed E-state index contributed by atoms with van der Waals surface area (Å²) >= 11 is 0. The molecular weight excluding hydrogens is 90.1 g/mol. The number of rotatable bonds is 0. The Hall–Kier alpha value is -0.0800. The molecule has 0 radical (unpaired) electrons. The quantitative estimate of drug-likeness (QED) is 0.471. The first-order valence-electron chi connectivity index (χ1n) is 3.07. The van der Waals surface area contributed by atoms with Gasteiger partial charge in [-0.2, -0.15) is 0 Å². The van der Waals surface area contributed by atoms with E-state index in [0.717, 1.165) is 0 Å². The summed E-state index contributed by atoms with van der Waals surface area (Å²) in [5.74, 6) is 0. The van der Waals surface area contributed by atoms with E-state index in [1.807, 2.05) is 0 Å². The molecule has 1 aliphatic heterocycles. The molecule has 0 atom stereocenters. The molecule has 0 unspecified atom stereocenters. The molecule has 0 aliphatic carbocycles. The molecule has 1 saturated heterocycles. The maximum Gasteiger partial charge on any atom is 0.0480 e. The zero-order chi connectivity index (χ0) is 6.04. The second kappa shape index (κ2) is 2.28. The minimum Gasteiger partial charge on any atom is -0.381 e. The molecule has 2 nitrogen and oxygen atoms in total. The van der Waals surface area contributed by atoms with E-state index in [1.165, 1.54) is 0 Å². The van der Waals surface area contributed by atoms with Gasteiger partial charge in [0.2, 0.25) is 0 Å². The summed E-state index contributed by atoms with van der Waals surface area (Å²) in [5, 5.41) is 0. The van der Waals surface area contributed by atoms with Crippen LogP contribution in [0.1, 0.15) is 14.2 Å². The highest BCUT2D eigenvalue weighted by atomic mass is 16.5. The maximum atomic E-state index is 7.32. The van der Waals surface area contributed by atoms with Gasteiger partial charge in [-0.05, 0) is 12.8 Å². The molecule has 0 bridgehead atoms. The number of hydrogen-bond donors (Lipinski definition) is 1. The van der Waals surface area contributed by atoms with Crippen LogP contribution in [0.5, 0.6) is 0 Å². The van der Waals surface area contributed by atoms with E-state index in [0.29, 0.717) is 26.1 Å². The first kappa shape index (κ1) is 3.87. The Kier molecular flexibility index (Phi) is 1.26. The van der Waals surface area contributed by atoms with Crippen LogP contribution >= 0.6 is 0 Å². The van der Waals surface area contributed by atoms with Crippen molar-refractivity contribution < 1.29 is 6.11 Å². The van der Waals surface area contributed by atoms with Crippen molar-refractivity contribution in [3.05, 3.63) is 0 Å². The van der Waals surface area contributed by atoms with Crippen molar-refractivity contribution in [1.82, 2.24) is 0 Å². The maximum absolute atomic E-state index is 7.32. The van der Waals surface area contributed by atoms with Crippen LogP contribution in [0.25, 0.3) is 0 Å². The molecule has 0 aromatic rings. The second-order valence-electron chi connectivity index (χ2n) is 1.77. The SMILES string of the molecule is [2H]C1(N)CCOCC1.